The van der Waals surface area contributed by atoms with Crippen LogP contribution in [0.1, 0.15) is 20.3 Å². The Balaban J connectivity index is 1.99. The van der Waals surface area contributed by atoms with Crippen LogP contribution in [0.5, 0.6) is 0 Å². The van der Waals surface area contributed by atoms with Crippen LogP contribution in [-0.2, 0) is 23.1 Å². The average molecular weight is 378 g/mol. The van der Waals surface area contributed by atoms with Gasteiger partial charge in [-0.3, -0.25) is 19.1 Å². The number of aromatic amines is 1. The molecule has 0 bridgehead atoms. The van der Waals surface area contributed by atoms with Crippen molar-refractivity contribution < 1.29 is 9.53 Å². The Bertz CT molecular complexity index is 935. The van der Waals surface area contributed by atoms with Crippen LogP contribution in [0.3, 0.4) is 0 Å². The van der Waals surface area contributed by atoms with Gasteiger partial charge in [-0.1, -0.05) is 6.92 Å². The highest BCUT2D eigenvalue weighted by Crippen LogP contribution is 2.21. The topological polar surface area (TPSA) is 105 Å². The molecule has 0 unspecified atom stereocenters. The van der Waals surface area contributed by atoms with E-state index in [1.54, 1.807) is 11.6 Å². The molecule has 0 atom stereocenters. The Morgan fingerprint density at radius 2 is 1.89 bits per heavy atom. The van der Waals surface area contributed by atoms with E-state index in [2.05, 4.69) is 14.9 Å². The maximum absolute atomic E-state index is 12.4. The average Bonchev–Trinajstić information content (AvgIpc) is 3.06. The zero-order chi connectivity index (χ0) is 19.6. The lowest BCUT2D eigenvalue weighted by Crippen LogP contribution is -2.49. The first-order chi connectivity index (χ1) is 13.0. The highest BCUT2D eigenvalue weighted by Gasteiger charge is 2.26. The van der Waals surface area contributed by atoms with Gasteiger partial charge < -0.3 is 19.1 Å². The lowest BCUT2D eigenvalue weighted by atomic mass is 10.3. The van der Waals surface area contributed by atoms with Gasteiger partial charge in [0.2, 0.25) is 11.9 Å². The third-order valence-electron chi connectivity index (χ3n) is 4.87. The van der Waals surface area contributed by atoms with Crippen LogP contribution < -0.4 is 16.1 Å². The molecule has 0 saturated carbocycles. The summed E-state index contributed by atoms with van der Waals surface area (Å²) in [5.41, 5.74) is -0.240. The van der Waals surface area contributed by atoms with E-state index >= 15 is 0 Å². The number of imidazole rings is 1. The van der Waals surface area contributed by atoms with Crippen LogP contribution in [-0.4, -0.2) is 69.3 Å². The number of ether oxygens (including phenoxy) is 1. The minimum atomic E-state index is -0.494. The number of carbonyl (C=O) groups excluding carboxylic acids is 1. The second-order valence-corrected chi connectivity index (χ2v) is 6.47. The summed E-state index contributed by atoms with van der Waals surface area (Å²) in [5, 5.41) is 0. The first-order valence-corrected chi connectivity index (χ1v) is 9.27. The minimum Gasteiger partial charge on any atom is -0.380 e. The van der Waals surface area contributed by atoms with Crippen LogP contribution >= 0.6 is 0 Å². The largest absolute Gasteiger partial charge is 0.380 e. The Morgan fingerprint density at radius 3 is 2.52 bits per heavy atom. The maximum atomic E-state index is 12.4. The smallest absolute Gasteiger partial charge is 0.329 e. The number of nitrogens with one attached hydrogen (secondary N) is 1. The fourth-order valence-corrected chi connectivity index (χ4v) is 3.36. The Morgan fingerprint density at radius 1 is 1.19 bits per heavy atom. The van der Waals surface area contributed by atoms with E-state index in [9.17, 15) is 14.4 Å². The number of fused-ring (bicyclic) bond motifs is 1. The van der Waals surface area contributed by atoms with Gasteiger partial charge in [0.1, 0.15) is 0 Å². The van der Waals surface area contributed by atoms with E-state index in [0.717, 1.165) is 0 Å². The van der Waals surface area contributed by atoms with Gasteiger partial charge in [-0.25, -0.2) is 4.79 Å². The fourth-order valence-electron chi connectivity index (χ4n) is 3.36. The van der Waals surface area contributed by atoms with Crippen LogP contribution in [0, 0.1) is 0 Å². The van der Waals surface area contributed by atoms with Crippen LogP contribution in [0.4, 0.5) is 5.95 Å². The van der Waals surface area contributed by atoms with E-state index in [4.69, 9.17) is 4.74 Å². The molecule has 1 aliphatic heterocycles. The molecule has 10 heteroatoms. The zero-order valence-corrected chi connectivity index (χ0v) is 16.0. The molecule has 148 valence electrons. The van der Waals surface area contributed by atoms with Crippen molar-refractivity contribution in [2.45, 2.75) is 26.8 Å². The van der Waals surface area contributed by atoms with Crippen molar-refractivity contribution in [2.75, 3.05) is 44.3 Å². The Hall–Kier alpha value is -2.62. The third kappa shape index (κ3) is 3.61. The van der Waals surface area contributed by atoms with Crippen LogP contribution in [0.2, 0.25) is 0 Å². The van der Waals surface area contributed by atoms with Gasteiger partial charge in [0.05, 0.1) is 6.61 Å². The first-order valence-electron chi connectivity index (χ1n) is 9.27. The maximum Gasteiger partial charge on any atom is 0.329 e. The number of carbonyl (C=O) groups is 1. The number of H-pyrrole nitrogens is 1. The highest BCUT2D eigenvalue weighted by molar-refractivity contribution is 5.76. The summed E-state index contributed by atoms with van der Waals surface area (Å²) in [4.78, 5) is 47.1. The third-order valence-corrected chi connectivity index (χ3v) is 4.87. The molecular weight excluding hydrogens is 352 g/mol. The summed E-state index contributed by atoms with van der Waals surface area (Å²) >= 11 is 0. The van der Waals surface area contributed by atoms with E-state index < -0.39 is 11.2 Å². The number of piperazine rings is 1. The normalized spacial score (nSPS) is 14.9. The molecule has 0 radical (unpaired) electrons. The van der Waals surface area contributed by atoms with Gasteiger partial charge in [-0.2, -0.15) is 4.98 Å². The van der Waals surface area contributed by atoms with Crippen LogP contribution in [0.25, 0.3) is 11.2 Å². The van der Waals surface area contributed by atoms with Crippen molar-refractivity contribution in [2.24, 2.45) is 7.05 Å². The van der Waals surface area contributed by atoms with Crippen molar-refractivity contribution in [1.29, 1.82) is 0 Å². The molecule has 3 heterocycles. The number of amides is 1. The summed E-state index contributed by atoms with van der Waals surface area (Å²) in [6.45, 7) is 7.69. The Labute approximate surface area is 156 Å². The molecule has 27 heavy (non-hydrogen) atoms. The van der Waals surface area contributed by atoms with E-state index in [1.807, 2.05) is 18.7 Å². The highest BCUT2D eigenvalue weighted by atomic mass is 16.5. The molecule has 0 spiro atoms. The number of hydrogen-bond acceptors (Lipinski definition) is 6. The number of aromatic nitrogens is 4. The summed E-state index contributed by atoms with van der Waals surface area (Å²) in [7, 11) is 1.59. The molecule has 0 aliphatic carbocycles. The second kappa shape index (κ2) is 7.95. The van der Waals surface area contributed by atoms with Gasteiger partial charge in [-0.15, -0.1) is 0 Å². The van der Waals surface area contributed by atoms with Gasteiger partial charge in [0.15, 0.2) is 11.2 Å². The van der Waals surface area contributed by atoms with Crippen molar-refractivity contribution in [3.63, 3.8) is 0 Å². The van der Waals surface area contributed by atoms with Crippen molar-refractivity contribution in [3.8, 4) is 0 Å². The second-order valence-electron chi connectivity index (χ2n) is 6.47. The molecule has 1 N–H and O–H groups in total. The molecular formula is C17H26N6O4. The fraction of sp³-hybridized carbons (Fsp3) is 0.647. The number of anilines is 1. The van der Waals surface area contributed by atoms with Gasteiger partial charge in [0.25, 0.3) is 5.56 Å². The van der Waals surface area contributed by atoms with Gasteiger partial charge in [-0.05, 0) is 6.92 Å². The number of rotatable bonds is 6. The predicted octanol–water partition coefficient (Wildman–Crippen LogP) is -0.482. The van der Waals surface area contributed by atoms with E-state index in [1.165, 1.54) is 4.57 Å². The molecule has 1 amide bonds. The number of hydrogen-bond donors (Lipinski definition) is 1. The molecule has 2 aromatic heterocycles. The number of aryl methyl sites for hydroxylation is 1. The first kappa shape index (κ1) is 19.2. The molecule has 3 rings (SSSR count). The van der Waals surface area contributed by atoms with Crippen molar-refractivity contribution >= 4 is 23.0 Å². The molecule has 1 aliphatic rings. The summed E-state index contributed by atoms with van der Waals surface area (Å²) in [5.74, 6) is 0.762. The number of nitrogens with zero attached hydrogens (tertiary/aromatic N) is 5. The quantitative estimate of drug-likeness (QED) is 0.681. The lowest BCUT2D eigenvalue weighted by Gasteiger charge is -2.35. The van der Waals surface area contributed by atoms with Gasteiger partial charge in [0, 0.05) is 52.8 Å². The minimum absolute atomic E-state index is 0.137. The Kier molecular flexibility index (Phi) is 5.64. The molecule has 10 nitrogen and oxygen atoms in total. The SMILES string of the molecule is CCOCCn1c(N2CCN(C(=O)CC)CC2)nc2c1c(=O)[nH]c(=O)n2C. The van der Waals surface area contributed by atoms with E-state index in [0.29, 0.717) is 69.5 Å². The van der Waals surface area contributed by atoms with Crippen molar-refractivity contribution in [3.05, 3.63) is 20.8 Å². The predicted molar refractivity (Wildman–Crippen MR) is 101 cm³/mol. The molecule has 2 aromatic rings. The zero-order valence-electron chi connectivity index (χ0n) is 16.0. The standard InChI is InChI=1S/C17H26N6O4/c1-4-12(24)21-6-8-22(9-7-21)16-18-14-13(23(16)10-11-27-5-2)15(25)19-17(26)20(14)3/h4-11H2,1-3H3,(H,19,25,26). The summed E-state index contributed by atoms with van der Waals surface area (Å²) in [6.07, 6.45) is 0.490. The van der Waals surface area contributed by atoms with Gasteiger partial charge >= 0.3 is 5.69 Å². The molecule has 1 saturated heterocycles. The lowest BCUT2D eigenvalue weighted by molar-refractivity contribution is -0.131. The van der Waals surface area contributed by atoms with E-state index in [-0.39, 0.29) is 5.91 Å². The van der Waals surface area contributed by atoms with Crippen molar-refractivity contribution in [1.82, 2.24) is 24.0 Å². The van der Waals surface area contributed by atoms with Crippen LogP contribution in [0.15, 0.2) is 9.59 Å². The summed E-state index contributed by atoms with van der Waals surface area (Å²) in [6, 6.07) is 0. The molecule has 0 aromatic carbocycles. The summed E-state index contributed by atoms with van der Waals surface area (Å²) < 4.78 is 8.60. The molecule has 1 fully saturated rings. The monoisotopic (exact) mass is 378 g/mol.